The van der Waals surface area contributed by atoms with Crippen molar-refractivity contribution in [3.05, 3.63) is 32.9 Å². The summed E-state index contributed by atoms with van der Waals surface area (Å²) in [7, 11) is 1.35. The highest BCUT2D eigenvalue weighted by atomic mass is 32.1. The van der Waals surface area contributed by atoms with Gasteiger partial charge < -0.3 is 9.72 Å². The minimum atomic E-state index is -0.400. The van der Waals surface area contributed by atoms with Crippen molar-refractivity contribution < 1.29 is 9.53 Å². The number of hydrogen-bond donors (Lipinski definition) is 1. The van der Waals surface area contributed by atoms with Gasteiger partial charge in [-0.15, -0.1) is 11.3 Å². The van der Waals surface area contributed by atoms with Crippen molar-refractivity contribution in [1.82, 2.24) is 4.98 Å². The molecule has 0 aliphatic heterocycles. The Kier molecular flexibility index (Phi) is 2.70. The second kappa shape index (κ2) is 4.24. The van der Waals surface area contributed by atoms with Crippen LogP contribution in [-0.2, 0) is 4.74 Å². The van der Waals surface area contributed by atoms with Crippen molar-refractivity contribution in [1.29, 1.82) is 0 Å². The highest BCUT2D eigenvalue weighted by Gasteiger charge is 2.24. The summed E-state index contributed by atoms with van der Waals surface area (Å²) in [4.78, 5) is 26.1. The lowest BCUT2D eigenvalue weighted by Crippen LogP contribution is -2.14. The van der Waals surface area contributed by atoms with E-state index in [1.807, 2.05) is 0 Å². The summed E-state index contributed by atoms with van der Waals surface area (Å²) in [6, 6.07) is 1.67. The SMILES string of the molecule is COC(=O)c1csc2c(C3CCC3)cc(=O)[nH]c12. The number of fused-ring (bicyclic) bond motifs is 1. The molecule has 0 radical (unpaired) electrons. The van der Waals surface area contributed by atoms with Crippen LogP contribution in [0.15, 0.2) is 16.2 Å². The van der Waals surface area contributed by atoms with Crippen LogP contribution in [-0.4, -0.2) is 18.1 Å². The van der Waals surface area contributed by atoms with E-state index in [4.69, 9.17) is 4.74 Å². The quantitative estimate of drug-likeness (QED) is 0.847. The van der Waals surface area contributed by atoms with Crippen molar-refractivity contribution >= 4 is 27.5 Å². The Bertz CT molecular complexity index is 666. The van der Waals surface area contributed by atoms with Gasteiger partial charge in [0.05, 0.1) is 22.9 Å². The molecule has 3 rings (SSSR count). The first-order valence-corrected chi connectivity index (χ1v) is 6.81. The zero-order chi connectivity index (χ0) is 12.7. The van der Waals surface area contributed by atoms with Gasteiger partial charge >= 0.3 is 5.97 Å². The lowest BCUT2D eigenvalue weighted by Gasteiger charge is -2.25. The average molecular weight is 263 g/mol. The number of aromatic nitrogens is 1. The molecule has 0 bridgehead atoms. The zero-order valence-corrected chi connectivity index (χ0v) is 10.8. The molecule has 0 unspecified atom stereocenters. The maximum absolute atomic E-state index is 11.7. The van der Waals surface area contributed by atoms with Crippen LogP contribution >= 0.6 is 11.3 Å². The second-order valence-electron chi connectivity index (χ2n) is 4.56. The molecule has 0 amide bonds. The van der Waals surface area contributed by atoms with Gasteiger partial charge in [-0.3, -0.25) is 4.79 Å². The predicted molar refractivity (Wildman–Crippen MR) is 70.4 cm³/mol. The van der Waals surface area contributed by atoms with Crippen LogP contribution in [0.25, 0.3) is 10.2 Å². The second-order valence-corrected chi connectivity index (χ2v) is 5.44. The molecule has 2 aromatic rings. The van der Waals surface area contributed by atoms with Crippen LogP contribution in [0.3, 0.4) is 0 Å². The number of methoxy groups -OCH3 is 1. The summed E-state index contributed by atoms with van der Waals surface area (Å²) >= 11 is 1.50. The van der Waals surface area contributed by atoms with E-state index >= 15 is 0 Å². The summed E-state index contributed by atoms with van der Waals surface area (Å²) in [5.41, 5.74) is 2.02. The van der Waals surface area contributed by atoms with Gasteiger partial charge in [0.15, 0.2) is 0 Å². The van der Waals surface area contributed by atoms with Crippen LogP contribution in [0.4, 0.5) is 0 Å². The van der Waals surface area contributed by atoms with Crippen LogP contribution in [0, 0.1) is 0 Å². The highest BCUT2D eigenvalue weighted by molar-refractivity contribution is 7.17. The van der Waals surface area contributed by atoms with E-state index < -0.39 is 5.97 Å². The molecule has 0 spiro atoms. The Balaban J connectivity index is 2.23. The number of nitrogens with one attached hydrogen (secondary N) is 1. The molecule has 0 atom stereocenters. The van der Waals surface area contributed by atoms with Crippen molar-refractivity contribution in [2.45, 2.75) is 25.2 Å². The molecule has 1 aliphatic carbocycles. The molecule has 5 heteroatoms. The van der Waals surface area contributed by atoms with Crippen molar-refractivity contribution in [2.75, 3.05) is 7.11 Å². The number of carbonyl (C=O) groups is 1. The summed E-state index contributed by atoms with van der Waals surface area (Å²) in [5, 5.41) is 1.76. The first-order chi connectivity index (χ1) is 8.70. The summed E-state index contributed by atoms with van der Waals surface area (Å²) < 4.78 is 5.74. The Morgan fingerprint density at radius 1 is 1.50 bits per heavy atom. The third-order valence-electron chi connectivity index (χ3n) is 3.54. The zero-order valence-electron chi connectivity index (χ0n) is 9.99. The molecule has 18 heavy (non-hydrogen) atoms. The van der Waals surface area contributed by atoms with Gasteiger partial charge in [-0.1, -0.05) is 6.42 Å². The van der Waals surface area contributed by atoms with Gasteiger partial charge in [-0.05, 0) is 24.3 Å². The summed E-state index contributed by atoms with van der Waals surface area (Å²) in [6.45, 7) is 0. The van der Waals surface area contributed by atoms with Crippen molar-refractivity contribution in [3.63, 3.8) is 0 Å². The van der Waals surface area contributed by atoms with Crippen LogP contribution in [0.1, 0.15) is 41.1 Å². The van der Waals surface area contributed by atoms with Gasteiger partial charge in [0.25, 0.3) is 0 Å². The van der Waals surface area contributed by atoms with Gasteiger partial charge in [-0.2, -0.15) is 0 Å². The van der Waals surface area contributed by atoms with Crippen LogP contribution < -0.4 is 5.56 Å². The van der Waals surface area contributed by atoms with E-state index in [9.17, 15) is 9.59 Å². The largest absolute Gasteiger partial charge is 0.465 e. The molecular weight excluding hydrogens is 250 g/mol. The molecular formula is C13H13NO3S. The predicted octanol–water partition coefficient (Wildman–Crippen LogP) is 2.64. The fraction of sp³-hybridized carbons (Fsp3) is 0.385. The first-order valence-electron chi connectivity index (χ1n) is 5.93. The van der Waals surface area contributed by atoms with E-state index in [0.29, 0.717) is 17.0 Å². The maximum atomic E-state index is 11.7. The van der Waals surface area contributed by atoms with Crippen LogP contribution in [0.2, 0.25) is 0 Å². The maximum Gasteiger partial charge on any atom is 0.340 e. The van der Waals surface area contributed by atoms with E-state index in [1.54, 1.807) is 11.4 Å². The minimum absolute atomic E-state index is 0.145. The molecule has 0 aromatic carbocycles. The summed E-state index contributed by atoms with van der Waals surface area (Å²) in [6.07, 6.45) is 3.47. The van der Waals surface area contributed by atoms with E-state index in [2.05, 4.69) is 4.98 Å². The smallest absolute Gasteiger partial charge is 0.340 e. The monoisotopic (exact) mass is 263 g/mol. The molecule has 1 N–H and O–H groups in total. The average Bonchev–Trinajstić information content (AvgIpc) is 2.69. The fourth-order valence-electron chi connectivity index (χ4n) is 2.34. The number of pyridine rings is 1. The molecule has 1 fully saturated rings. The van der Waals surface area contributed by atoms with E-state index in [0.717, 1.165) is 23.1 Å². The van der Waals surface area contributed by atoms with Gasteiger partial charge in [-0.25, -0.2) is 4.79 Å². The molecule has 94 valence electrons. The molecule has 1 saturated carbocycles. The topological polar surface area (TPSA) is 59.2 Å². The van der Waals surface area contributed by atoms with Gasteiger partial charge in [0.2, 0.25) is 5.56 Å². The molecule has 1 aliphatic rings. The Labute approximate surface area is 108 Å². The number of H-pyrrole nitrogens is 1. The third-order valence-corrected chi connectivity index (χ3v) is 4.57. The van der Waals surface area contributed by atoms with E-state index in [1.165, 1.54) is 24.9 Å². The number of hydrogen-bond acceptors (Lipinski definition) is 4. The minimum Gasteiger partial charge on any atom is -0.465 e. The fourth-order valence-corrected chi connectivity index (χ4v) is 3.43. The number of rotatable bonds is 2. The van der Waals surface area contributed by atoms with Crippen molar-refractivity contribution in [3.8, 4) is 0 Å². The Morgan fingerprint density at radius 2 is 2.28 bits per heavy atom. The number of esters is 1. The lowest BCUT2D eigenvalue weighted by molar-refractivity contribution is 0.0603. The highest BCUT2D eigenvalue weighted by Crippen LogP contribution is 2.40. The lowest BCUT2D eigenvalue weighted by atomic mass is 9.80. The molecule has 4 nitrogen and oxygen atoms in total. The number of ether oxygens (including phenoxy) is 1. The standard InChI is InChI=1S/C13H13NO3S/c1-17-13(16)9-6-18-12-8(7-3-2-4-7)5-10(15)14-11(9)12/h5-7H,2-4H2,1H3,(H,14,15). The normalized spacial score (nSPS) is 15.6. The Morgan fingerprint density at radius 3 is 2.89 bits per heavy atom. The molecule has 2 heterocycles. The van der Waals surface area contributed by atoms with Crippen LogP contribution in [0.5, 0.6) is 0 Å². The third kappa shape index (κ3) is 1.66. The number of thiophene rings is 1. The Hall–Kier alpha value is -1.62. The van der Waals surface area contributed by atoms with Crippen molar-refractivity contribution in [2.24, 2.45) is 0 Å². The van der Waals surface area contributed by atoms with E-state index in [-0.39, 0.29) is 5.56 Å². The van der Waals surface area contributed by atoms with Gasteiger partial charge in [0, 0.05) is 11.4 Å². The summed E-state index contributed by atoms with van der Waals surface area (Å²) in [5.74, 6) is 0.0709. The molecule has 0 saturated heterocycles. The first kappa shape index (κ1) is 11.5. The van der Waals surface area contributed by atoms with Gasteiger partial charge in [0.1, 0.15) is 0 Å². The number of carbonyl (C=O) groups excluding carboxylic acids is 1. The molecule has 2 aromatic heterocycles. The number of aromatic amines is 1.